The highest BCUT2D eigenvalue weighted by Gasteiger charge is 2.15. The lowest BCUT2D eigenvalue weighted by atomic mass is 10.1. The predicted octanol–water partition coefficient (Wildman–Crippen LogP) is 12.8. The lowest BCUT2D eigenvalue weighted by Crippen LogP contribution is -2.30. The Hall–Kier alpha value is -1.77. The van der Waals surface area contributed by atoms with Gasteiger partial charge in [-0.05, 0) is 104 Å². The van der Waals surface area contributed by atoms with E-state index in [4.69, 9.17) is 23.7 Å². The average molecular weight is 762 g/mol. The summed E-state index contributed by atoms with van der Waals surface area (Å²) in [5, 5.41) is 0. The molecule has 0 fully saturated rings. The van der Waals surface area contributed by atoms with Gasteiger partial charge in [-0.25, -0.2) is 0 Å². The minimum atomic E-state index is -0.479. The molecule has 0 rings (SSSR count). The molecule has 0 spiro atoms. The maximum atomic E-state index is 12.4. The van der Waals surface area contributed by atoms with Crippen LogP contribution in [0.15, 0.2) is 48.6 Å². The average Bonchev–Trinajstić information content (AvgIpc) is 3.16. The van der Waals surface area contributed by atoms with E-state index in [-0.39, 0.29) is 32.8 Å². The molecule has 0 aromatic rings. The maximum absolute atomic E-state index is 12.4. The van der Waals surface area contributed by atoms with Crippen LogP contribution in [0.25, 0.3) is 0 Å². The summed E-state index contributed by atoms with van der Waals surface area (Å²) < 4.78 is 28.5. The van der Waals surface area contributed by atoms with Gasteiger partial charge in [-0.3, -0.25) is 4.79 Å². The van der Waals surface area contributed by atoms with Gasteiger partial charge in [0.05, 0.1) is 13.2 Å². The summed E-state index contributed by atoms with van der Waals surface area (Å²) in [6.45, 7) is 7.59. The van der Waals surface area contributed by atoms with Crippen molar-refractivity contribution >= 4 is 5.97 Å². The second-order valence-corrected chi connectivity index (χ2v) is 15.0. The first-order valence-electron chi connectivity index (χ1n) is 22.3. The minimum absolute atomic E-state index is 0.193. The first-order chi connectivity index (χ1) is 26.6. The van der Waals surface area contributed by atoms with Crippen LogP contribution in [0.5, 0.6) is 0 Å². The van der Waals surface area contributed by atoms with E-state index in [9.17, 15) is 4.79 Å². The molecule has 0 saturated carbocycles. The zero-order valence-corrected chi connectivity index (χ0v) is 35.9. The molecule has 0 radical (unpaired) electrons. The van der Waals surface area contributed by atoms with Crippen LogP contribution in [0.3, 0.4) is 0 Å². The SMILES string of the molecule is CCCCC/C=C\C/C=C\CCCCCCCCOCOCC(COCOCCCCCCCC/C=C\C/C=C\CCCCC)OC(=O)CCCN(C)C. The lowest BCUT2D eigenvalue weighted by molar-refractivity contribution is -0.165. The summed E-state index contributed by atoms with van der Waals surface area (Å²) in [5.74, 6) is -0.224. The second kappa shape index (κ2) is 45.6. The molecule has 0 saturated heterocycles. The molecular formula is C47H87NO6. The van der Waals surface area contributed by atoms with Gasteiger partial charge in [-0.1, -0.05) is 140 Å². The van der Waals surface area contributed by atoms with Crippen molar-refractivity contribution in [2.75, 3.05) is 60.7 Å². The van der Waals surface area contributed by atoms with Gasteiger partial charge in [0, 0.05) is 19.6 Å². The van der Waals surface area contributed by atoms with E-state index in [0.29, 0.717) is 19.6 Å². The number of allylic oxidation sites excluding steroid dienone is 8. The smallest absolute Gasteiger partial charge is 0.306 e. The van der Waals surface area contributed by atoms with Gasteiger partial charge < -0.3 is 28.6 Å². The van der Waals surface area contributed by atoms with Crippen LogP contribution in [0.4, 0.5) is 0 Å². The second-order valence-electron chi connectivity index (χ2n) is 15.0. The Labute approximate surface area is 334 Å². The maximum Gasteiger partial charge on any atom is 0.306 e. The van der Waals surface area contributed by atoms with Crippen molar-refractivity contribution in [3.8, 4) is 0 Å². The molecule has 0 aromatic heterocycles. The van der Waals surface area contributed by atoms with Crippen LogP contribution < -0.4 is 0 Å². The number of carbonyl (C=O) groups is 1. The lowest BCUT2D eigenvalue weighted by Gasteiger charge is -2.19. The van der Waals surface area contributed by atoms with Crippen molar-refractivity contribution in [1.82, 2.24) is 4.90 Å². The highest BCUT2D eigenvalue weighted by atomic mass is 16.7. The molecule has 0 amide bonds. The third-order valence-electron chi connectivity index (χ3n) is 9.20. The van der Waals surface area contributed by atoms with Gasteiger partial charge in [-0.2, -0.15) is 0 Å². The fraction of sp³-hybridized carbons (Fsp3) is 0.809. The van der Waals surface area contributed by atoms with E-state index in [1.165, 1.54) is 128 Å². The molecule has 0 aliphatic rings. The van der Waals surface area contributed by atoms with Gasteiger partial charge in [0.2, 0.25) is 0 Å². The van der Waals surface area contributed by atoms with Crippen molar-refractivity contribution in [3.05, 3.63) is 48.6 Å². The number of esters is 1. The van der Waals surface area contributed by atoms with Gasteiger partial charge in [0.25, 0.3) is 0 Å². The molecule has 316 valence electrons. The van der Waals surface area contributed by atoms with Crippen molar-refractivity contribution < 1.29 is 28.5 Å². The molecular weight excluding hydrogens is 675 g/mol. The van der Waals surface area contributed by atoms with Crippen molar-refractivity contribution in [1.29, 1.82) is 0 Å². The largest absolute Gasteiger partial charge is 0.457 e. The number of unbranched alkanes of at least 4 members (excludes halogenated alkanes) is 18. The van der Waals surface area contributed by atoms with E-state index < -0.39 is 6.10 Å². The monoisotopic (exact) mass is 762 g/mol. The molecule has 54 heavy (non-hydrogen) atoms. The van der Waals surface area contributed by atoms with Crippen LogP contribution in [0.2, 0.25) is 0 Å². The van der Waals surface area contributed by atoms with Gasteiger partial charge in [-0.15, -0.1) is 0 Å². The fourth-order valence-electron chi connectivity index (χ4n) is 5.88. The van der Waals surface area contributed by atoms with E-state index in [2.05, 4.69) is 67.4 Å². The standard InChI is InChI=1S/C47H87NO6/c1-5-7-9-11-13-15-17-19-21-23-25-27-29-31-33-35-40-50-44-52-42-46(54-47(49)38-37-39-48(3)4)43-53-45-51-41-36-34-32-30-28-26-24-22-20-18-16-14-12-10-8-6-2/h13-16,19-22,46H,5-12,17-18,23-45H2,1-4H3/b15-13-,16-14-,21-19-,22-20-. The molecule has 0 aliphatic heterocycles. The molecule has 0 aliphatic carbocycles. The summed E-state index contributed by atoms with van der Waals surface area (Å²) in [6, 6.07) is 0. The van der Waals surface area contributed by atoms with Crippen LogP contribution in [-0.2, 0) is 28.5 Å². The number of ether oxygens (including phenoxy) is 5. The van der Waals surface area contributed by atoms with Crippen LogP contribution >= 0.6 is 0 Å². The highest BCUT2D eigenvalue weighted by Crippen LogP contribution is 2.10. The van der Waals surface area contributed by atoms with E-state index in [1.807, 2.05) is 14.1 Å². The third kappa shape index (κ3) is 44.6. The Morgan fingerprint density at radius 3 is 1.28 bits per heavy atom. The first-order valence-corrected chi connectivity index (χ1v) is 22.3. The number of hydrogen-bond acceptors (Lipinski definition) is 7. The quantitative estimate of drug-likeness (QED) is 0.0265. The summed E-state index contributed by atoms with van der Waals surface area (Å²) in [4.78, 5) is 14.5. The Balaban J connectivity index is 3.89. The zero-order valence-electron chi connectivity index (χ0n) is 35.9. The summed E-state index contributed by atoms with van der Waals surface area (Å²) in [6.07, 6.45) is 48.6. The minimum Gasteiger partial charge on any atom is -0.457 e. The Bertz CT molecular complexity index is 814. The number of nitrogens with zero attached hydrogens (tertiary/aromatic N) is 1. The van der Waals surface area contributed by atoms with E-state index >= 15 is 0 Å². The Kier molecular flexibility index (Phi) is 44.1. The molecule has 0 unspecified atom stereocenters. The normalized spacial score (nSPS) is 12.3. The highest BCUT2D eigenvalue weighted by molar-refractivity contribution is 5.69. The molecule has 0 atom stereocenters. The summed E-state index contributed by atoms with van der Waals surface area (Å²) in [5.41, 5.74) is 0. The molecule has 0 heterocycles. The third-order valence-corrected chi connectivity index (χ3v) is 9.20. The van der Waals surface area contributed by atoms with Gasteiger partial charge in [0.15, 0.2) is 0 Å². The number of rotatable bonds is 43. The fourth-order valence-corrected chi connectivity index (χ4v) is 5.88. The number of hydrogen-bond donors (Lipinski definition) is 0. The molecule has 7 heteroatoms. The van der Waals surface area contributed by atoms with Gasteiger partial charge in [0.1, 0.15) is 19.7 Å². The zero-order chi connectivity index (χ0) is 39.3. The summed E-state index contributed by atoms with van der Waals surface area (Å²) in [7, 11) is 4.00. The topological polar surface area (TPSA) is 66.5 Å². The van der Waals surface area contributed by atoms with Gasteiger partial charge >= 0.3 is 5.97 Å². The van der Waals surface area contributed by atoms with Crippen molar-refractivity contribution in [3.63, 3.8) is 0 Å². The van der Waals surface area contributed by atoms with E-state index in [1.54, 1.807) is 0 Å². The Morgan fingerprint density at radius 1 is 0.481 bits per heavy atom. The molecule has 0 bridgehead atoms. The van der Waals surface area contributed by atoms with Crippen LogP contribution in [0.1, 0.15) is 181 Å². The molecule has 0 aromatic carbocycles. The van der Waals surface area contributed by atoms with Crippen LogP contribution in [-0.4, -0.2) is 77.6 Å². The predicted molar refractivity (Wildman–Crippen MR) is 230 cm³/mol. The first kappa shape index (κ1) is 52.2. The van der Waals surface area contributed by atoms with Crippen LogP contribution in [0, 0.1) is 0 Å². The Morgan fingerprint density at radius 2 is 0.870 bits per heavy atom. The van der Waals surface area contributed by atoms with Crippen molar-refractivity contribution in [2.45, 2.75) is 187 Å². The van der Waals surface area contributed by atoms with E-state index in [0.717, 1.165) is 38.6 Å². The number of carbonyl (C=O) groups excluding carboxylic acids is 1. The molecule has 0 N–H and O–H groups in total. The summed E-state index contributed by atoms with van der Waals surface area (Å²) >= 11 is 0. The van der Waals surface area contributed by atoms with Crippen molar-refractivity contribution in [2.24, 2.45) is 0 Å². The molecule has 7 nitrogen and oxygen atoms in total.